The zero-order chi connectivity index (χ0) is 21.0. The van der Waals surface area contributed by atoms with E-state index >= 15 is 0 Å². The number of rotatable bonds is 7. The Hall–Kier alpha value is -2.51. The van der Waals surface area contributed by atoms with Gasteiger partial charge in [-0.1, -0.05) is 35.5 Å². The van der Waals surface area contributed by atoms with Gasteiger partial charge in [0.05, 0.1) is 5.75 Å². The molecule has 6 nitrogen and oxygen atoms in total. The average Bonchev–Trinajstić information content (AvgIpc) is 3.04. The third-order valence-corrected chi connectivity index (χ3v) is 5.72. The maximum Gasteiger partial charge on any atom is 0.234 e. The molecular weight excluding hydrogens is 408 g/mol. The molecule has 3 aromatic rings. The molecular formula is C21H23ClN4O2S. The van der Waals surface area contributed by atoms with Gasteiger partial charge in [0, 0.05) is 17.8 Å². The number of ether oxygens (including phenoxy) is 1. The molecule has 3 rings (SSSR count). The Kier molecular flexibility index (Phi) is 6.82. The number of aromatic nitrogens is 3. The van der Waals surface area contributed by atoms with E-state index in [-0.39, 0.29) is 17.8 Å². The van der Waals surface area contributed by atoms with Crippen LogP contribution < -0.4 is 10.1 Å². The van der Waals surface area contributed by atoms with Crippen molar-refractivity contribution >= 4 is 35.0 Å². The first-order valence-electron chi connectivity index (χ1n) is 9.15. The van der Waals surface area contributed by atoms with Gasteiger partial charge in [0.2, 0.25) is 5.91 Å². The van der Waals surface area contributed by atoms with Gasteiger partial charge in [-0.15, -0.1) is 10.2 Å². The molecule has 8 heteroatoms. The van der Waals surface area contributed by atoms with E-state index in [0.29, 0.717) is 21.8 Å². The van der Waals surface area contributed by atoms with E-state index in [9.17, 15) is 4.79 Å². The maximum absolute atomic E-state index is 12.3. The highest BCUT2D eigenvalue weighted by Gasteiger charge is 2.18. The van der Waals surface area contributed by atoms with Crippen molar-refractivity contribution in [2.24, 2.45) is 7.05 Å². The van der Waals surface area contributed by atoms with Gasteiger partial charge in [0.15, 0.2) is 17.1 Å². The van der Waals surface area contributed by atoms with Crippen molar-refractivity contribution in [3.8, 4) is 5.75 Å². The van der Waals surface area contributed by atoms with Crippen LogP contribution in [0.15, 0.2) is 47.6 Å². The highest BCUT2D eigenvalue weighted by Crippen LogP contribution is 2.25. The van der Waals surface area contributed by atoms with Crippen LogP contribution >= 0.6 is 23.4 Å². The summed E-state index contributed by atoms with van der Waals surface area (Å²) in [5.74, 6) is 1.48. The van der Waals surface area contributed by atoms with E-state index < -0.39 is 0 Å². The van der Waals surface area contributed by atoms with Crippen molar-refractivity contribution < 1.29 is 9.53 Å². The molecule has 0 aliphatic carbocycles. The van der Waals surface area contributed by atoms with E-state index in [1.807, 2.05) is 62.7 Å². The third kappa shape index (κ3) is 5.52. The van der Waals surface area contributed by atoms with Crippen LogP contribution in [0.5, 0.6) is 5.75 Å². The number of benzene rings is 2. The average molecular weight is 431 g/mol. The molecule has 0 spiro atoms. The van der Waals surface area contributed by atoms with E-state index in [1.165, 1.54) is 17.3 Å². The molecule has 0 bridgehead atoms. The summed E-state index contributed by atoms with van der Waals surface area (Å²) in [4.78, 5) is 12.3. The van der Waals surface area contributed by atoms with Gasteiger partial charge in [0.1, 0.15) is 5.75 Å². The number of nitrogens with one attached hydrogen (secondary N) is 1. The van der Waals surface area contributed by atoms with Crippen LogP contribution in [0.3, 0.4) is 0 Å². The van der Waals surface area contributed by atoms with Crippen molar-refractivity contribution in [1.29, 1.82) is 0 Å². The largest absolute Gasteiger partial charge is 0.483 e. The van der Waals surface area contributed by atoms with Gasteiger partial charge >= 0.3 is 0 Å². The summed E-state index contributed by atoms with van der Waals surface area (Å²) in [6, 6.07) is 13.1. The Balaban J connectivity index is 1.58. The SMILES string of the molecule is Cc1ccc(NC(=O)CSc2nnc(C(C)Oc3cccc(Cl)c3)n2C)cc1C. The smallest absolute Gasteiger partial charge is 0.234 e. The standard InChI is InChI=1S/C21H23ClN4O2S/c1-13-8-9-17(10-14(13)2)23-19(27)12-29-21-25-24-20(26(21)4)15(3)28-18-7-5-6-16(22)11-18/h5-11,15H,12H2,1-4H3,(H,23,27). The monoisotopic (exact) mass is 430 g/mol. The van der Waals surface area contributed by atoms with Crippen LogP contribution in [0.2, 0.25) is 5.02 Å². The summed E-state index contributed by atoms with van der Waals surface area (Å²) in [5.41, 5.74) is 3.13. The Labute approximate surface area is 179 Å². The molecule has 0 saturated carbocycles. The van der Waals surface area contributed by atoms with Crippen molar-refractivity contribution in [1.82, 2.24) is 14.8 Å². The van der Waals surface area contributed by atoms with E-state index in [0.717, 1.165) is 11.3 Å². The van der Waals surface area contributed by atoms with Gasteiger partial charge in [0.25, 0.3) is 0 Å². The second-order valence-corrected chi connectivity index (χ2v) is 8.13. The molecule has 0 fully saturated rings. The molecule has 0 saturated heterocycles. The molecule has 1 amide bonds. The second kappa shape index (κ2) is 9.33. The number of anilines is 1. The van der Waals surface area contributed by atoms with Crippen molar-refractivity contribution in [3.05, 3.63) is 64.4 Å². The summed E-state index contributed by atoms with van der Waals surface area (Å²) in [6.45, 7) is 5.96. The van der Waals surface area contributed by atoms with Crippen molar-refractivity contribution in [2.75, 3.05) is 11.1 Å². The lowest BCUT2D eigenvalue weighted by molar-refractivity contribution is -0.113. The van der Waals surface area contributed by atoms with Gasteiger partial charge < -0.3 is 14.6 Å². The maximum atomic E-state index is 12.3. The van der Waals surface area contributed by atoms with Crippen LogP contribution in [0.4, 0.5) is 5.69 Å². The lowest BCUT2D eigenvalue weighted by atomic mass is 10.1. The fourth-order valence-electron chi connectivity index (χ4n) is 2.75. The number of hydrogen-bond acceptors (Lipinski definition) is 5. The molecule has 1 aromatic heterocycles. The first-order valence-corrected chi connectivity index (χ1v) is 10.5. The third-order valence-electron chi connectivity index (χ3n) is 4.46. The van der Waals surface area contributed by atoms with Crippen molar-refractivity contribution in [3.63, 3.8) is 0 Å². The van der Waals surface area contributed by atoms with Gasteiger partial charge in [-0.2, -0.15) is 0 Å². The molecule has 0 radical (unpaired) electrons. The predicted molar refractivity (Wildman–Crippen MR) is 117 cm³/mol. The molecule has 2 aromatic carbocycles. The second-order valence-electron chi connectivity index (χ2n) is 6.75. The molecule has 1 N–H and O–H groups in total. The van der Waals surface area contributed by atoms with Gasteiger partial charge in [-0.05, 0) is 62.2 Å². The first-order chi connectivity index (χ1) is 13.8. The highest BCUT2D eigenvalue weighted by molar-refractivity contribution is 7.99. The van der Waals surface area contributed by atoms with E-state index in [4.69, 9.17) is 16.3 Å². The fourth-order valence-corrected chi connectivity index (χ4v) is 3.65. The molecule has 0 aliphatic heterocycles. The number of halogens is 1. The predicted octanol–water partition coefficient (Wildman–Crippen LogP) is 4.96. The van der Waals surface area contributed by atoms with Crippen LogP contribution in [0, 0.1) is 13.8 Å². The minimum absolute atomic E-state index is 0.0916. The Bertz CT molecular complexity index is 1020. The Morgan fingerprint density at radius 3 is 2.72 bits per heavy atom. The lowest BCUT2D eigenvalue weighted by Gasteiger charge is -2.14. The first kappa shape index (κ1) is 21.2. The minimum atomic E-state index is -0.315. The van der Waals surface area contributed by atoms with Gasteiger partial charge in [-0.25, -0.2) is 0 Å². The normalized spacial score (nSPS) is 11.9. The zero-order valence-corrected chi connectivity index (χ0v) is 18.3. The number of aryl methyl sites for hydroxylation is 2. The quantitative estimate of drug-likeness (QED) is 0.536. The van der Waals surface area contributed by atoms with Gasteiger partial charge in [-0.3, -0.25) is 4.79 Å². The van der Waals surface area contributed by atoms with Crippen LogP contribution in [-0.4, -0.2) is 26.4 Å². The molecule has 1 heterocycles. The Morgan fingerprint density at radius 2 is 2.00 bits per heavy atom. The fraction of sp³-hybridized carbons (Fsp3) is 0.286. The number of nitrogens with zero attached hydrogens (tertiary/aromatic N) is 3. The number of amides is 1. The highest BCUT2D eigenvalue weighted by atomic mass is 35.5. The molecule has 1 atom stereocenters. The number of hydrogen-bond donors (Lipinski definition) is 1. The van der Waals surface area contributed by atoms with Crippen LogP contribution in [0.25, 0.3) is 0 Å². The number of carbonyl (C=O) groups excluding carboxylic acids is 1. The number of carbonyl (C=O) groups is 1. The minimum Gasteiger partial charge on any atom is -0.483 e. The van der Waals surface area contributed by atoms with E-state index in [2.05, 4.69) is 15.5 Å². The molecule has 0 aliphatic rings. The lowest BCUT2D eigenvalue weighted by Crippen LogP contribution is -2.15. The van der Waals surface area contributed by atoms with Crippen molar-refractivity contribution in [2.45, 2.75) is 32.0 Å². The topological polar surface area (TPSA) is 69.0 Å². The Morgan fingerprint density at radius 1 is 1.21 bits per heavy atom. The summed E-state index contributed by atoms with van der Waals surface area (Å²) >= 11 is 7.33. The molecule has 152 valence electrons. The summed E-state index contributed by atoms with van der Waals surface area (Å²) in [7, 11) is 1.86. The van der Waals surface area contributed by atoms with E-state index in [1.54, 1.807) is 12.1 Å². The van der Waals surface area contributed by atoms with Crippen LogP contribution in [-0.2, 0) is 11.8 Å². The molecule has 29 heavy (non-hydrogen) atoms. The summed E-state index contributed by atoms with van der Waals surface area (Å²) in [5, 5.41) is 12.6. The number of thioether (sulfide) groups is 1. The zero-order valence-electron chi connectivity index (χ0n) is 16.8. The summed E-state index contributed by atoms with van der Waals surface area (Å²) in [6.07, 6.45) is -0.315. The summed E-state index contributed by atoms with van der Waals surface area (Å²) < 4.78 is 7.74. The molecule has 1 unspecified atom stereocenters. The van der Waals surface area contributed by atoms with Crippen LogP contribution in [0.1, 0.15) is 30.0 Å².